The van der Waals surface area contributed by atoms with Crippen molar-refractivity contribution >= 4 is 17.5 Å². The lowest BCUT2D eigenvalue weighted by Gasteiger charge is -2.20. The van der Waals surface area contributed by atoms with Crippen molar-refractivity contribution in [3.63, 3.8) is 0 Å². The Morgan fingerprint density at radius 3 is 2.41 bits per heavy atom. The van der Waals surface area contributed by atoms with Gasteiger partial charge in [-0.15, -0.1) is 0 Å². The number of nitrogens with zero attached hydrogens (tertiary/aromatic N) is 2. The van der Waals surface area contributed by atoms with Gasteiger partial charge in [0.2, 0.25) is 0 Å². The first-order chi connectivity index (χ1) is 8.27. The summed E-state index contributed by atoms with van der Waals surface area (Å²) in [5.74, 6) is 0.448. The zero-order chi connectivity index (χ0) is 12.1. The van der Waals surface area contributed by atoms with Gasteiger partial charge < -0.3 is 5.73 Å². The number of para-hydroxylation sites is 1. The number of nitrogens with one attached hydrogen (secondary N) is 1. The molecular formula is C12H12N4O. The molecule has 0 saturated carbocycles. The van der Waals surface area contributed by atoms with Crippen molar-refractivity contribution in [1.82, 2.24) is 4.98 Å². The maximum Gasteiger partial charge on any atom is 0.339 e. The van der Waals surface area contributed by atoms with Crippen LogP contribution >= 0.6 is 0 Å². The SMILES string of the molecule is NC(=O)N(Nc1ccccc1)c1ccccn1. The molecule has 0 bridgehead atoms. The summed E-state index contributed by atoms with van der Waals surface area (Å²) in [6.07, 6.45) is 1.60. The third-order valence-corrected chi connectivity index (χ3v) is 2.11. The highest BCUT2D eigenvalue weighted by Crippen LogP contribution is 2.12. The first-order valence-electron chi connectivity index (χ1n) is 5.09. The lowest BCUT2D eigenvalue weighted by Crippen LogP contribution is -2.40. The van der Waals surface area contributed by atoms with Gasteiger partial charge in [-0.25, -0.2) is 9.78 Å². The Balaban J connectivity index is 2.23. The van der Waals surface area contributed by atoms with Crippen LogP contribution in [0.25, 0.3) is 0 Å². The largest absolute Gasteiger partial charge is 0.350 e. The monoisotopic (exact) mass is 228 g/mol. The minimum Gasteiger partial charge on any atom is -0.350 e. The van der Waals surface area contributed by atoms with E-state index in [-0.39, 0.29) is 0 Å². The van der Waals surface area contributed by atoms with E-state index in [1.807, 2.05) is 30.3 Å². The van der Waals surface area contributed by atoms with Gasteiger partial charge in [-0.3, -0.25) is 5.43 Å². The van der Waals surface area contributed by atoms with E-state index >= 15 is 0 Å². The van der Waals surface area contributed by atoms with Crippen LogP contribution < -0.4 is 16.2 Å². The fourth-order valence-corrected chi connectivity index (χ4v) is 1.35. The Bertz CT molecular complexity index is 486. The fraction of sp³-hybridized carbons (Fsp3) is 0. The van der Waals surface area contributed by atoms with E-state index in [1.54, 1.807) is 24.4 Å². The predicted molar refractivity (Wildman–Crippen MR) is 66.4 cm³/mol. The quantitative estimate of drug-likeness (QED) is 0.789. The third kappa shape index (κ3) is 2.72. The van der Waals surface area contributed by atoms with Crippen molar-refractivity contribution in [3.05, 3.63) is 54.7 Å². The number of nitrogens with two attached hydrogens (primary N) is 1. The molecule has 2 rings (SSSR count). The summed E-state index contributed by atoms with van der Waals surface area (Å²) >= 11 is 0. The van der Waals surface area contributed by atoms with E-state index in [9.17, 15) is 4.79 Å². The number of benzene rings is 1. The van der Waals surface area contributed by atoms with Crippen LogP contribution in [0.4, 0.5) is 16.3 Å². The number of primary amides is 1. The smallest absolute Gasteiger partial charge is 0.339 e. The van der Waals surface area contributed by atoms with Crippen molar-refractivity contribution in [2.75, 3.05) is 10.4 Å². The Hall–Kier alpha value is -2.56. The molecule has 1 heterocycles. The first-order valence-corrected chi connectivity index (χ1v) is 5.09. The number of carbonyl (C=O) groups excluding carboxylic acids is 1. The fourth-order valence-electron chi connectivity index (χ4n) is 1.35. The number of amides is 2. The molecule has 1 aromatic carbocycles. The minimum absolute atomic E-state index is 0.448. The summed E-state index contributed by atoms with van der Waals surface area (Å²) < 4.78 is 0. The van der Waals surface area contributed by atoms with Crippen molar-refractivity contribution in [2.45, 2.75) is 0 Å². The first kappa shape index (κ1) is 10.9. The zero-order valence-corrected chi connectivity index (χ0v) is 9.08. The lowest BCUT2D eigenvalue weighted by molar-refractivity contribution is 0.255. The molecule has 0 saturated heterocycles. The molecule has 0 radical (unpaired) electrons. The molecule has 1 aromatic heterocycles. The van der Waals surface area contributed by atoms with Crippen LogP contribution in [0.2, 0.25) is 0 Å². The second-order valence-corrected chi connectivity index (χ2v) is 3.34. The van der Waals surface area contributed by atoms with Gasteiger partial charge >= 0.3 is 6.03 Å². The van der Waals surface area contributed by atoms with E-state index in [2.05, 4.69) is 10.4 Å². The highest BCUT2D eigenvalue weighted by atomic mass is 16.2. The minimum atomic E-state index is -0.618. The number of aromatic nitrogens is 1. The molecule has 0 aliphatic carbocycles. The summed E-state index contributed by atoms with van der Waals surface area (Å²) in [4.78, 5) is 15.4. The lowest BCUT2D eigenvalue weighted by atomic mass is 10.3. The van der Waals surface area contributed by atoms with Crippen molar-refractivity contribution in [1.29, 1.82) is 0 Å². The number of rotatable bonds is 3. The molecule has 0 spiro atoms. The number of hydrazine groups is 1. The van der Waals surface area contributed by atoms with Crippen LogP contribution in [0.15, 0.2) is 54.7 Å². The van der Waals surface area contributed by atoms with Crippen LogP contribution in [-0.2, 0) is 0 Å². The van der Waals surface area contributed by atoms with Gasteiger partial charge in [0.05, 0.1) is 5.69 Å². The molecule has 0 aliphatic heterocycles. The Kier molecular flexibility index (Phi) is 3.20. The Morgan fingerprint density at radius 1 is 1.12 bits per heavy atom. The van der Waals surface area contributed by atoms with Gasteiger partial charge in [-0.2, -0.15) is 5.01 Å². The van der Waals surface area contributed by atoms with E-state index in [0.717, 1.165) is 5.69 Å². The summed E-state index contributed by atoms with van der Waals surface area (Å²) in [5.41, 5.74) is 8.95. The average molecular weight is 228 g/mol. The van der Waals surface area contributed by atoms with Gasteiger partial charge in [0, 0.05) is 6.20 Å². The molecular weight excluding hydrogens is 216 g/mol. The van der Waals surface area contributed by atoms with Gasteiger partial charge in [0.1, 0.15) is 0 Å². The van der Waals surface area contributed by atoms with Gasteiger partial charge in [0.25, 0.3) is 0 Å². The molecule has 5 nitrogen and oxygen atoms in total. The van der Waals surface area contributed by atoms with Crippen LogP contribution in [0.3, 0.4) is 0 Å². The van der Waals surface area contributed by atoms with Crippen LogP contribution in [-0.4, -0.2) is 11.0 Å². The maximum atomic E-state index is 11.3. The zero-order valence-electron chi connectivity index (χ0n) is 9.08. The number of anilines is 2. The van der Waals surface area contributed by atoms with Crippen molar-refractivity contribution in [3.8, 4) is 0 Å². The van der Waals surface area contributed by atoms with Crippen LogP contribution in [0.1, 0.15) is 0 Å². The van der Waals surface area contributed by atoms with Crippen molar-refractivity contribution < 1.29 is 4.79 Å². The summed E-state index contributed by atoms with van der Waals surface area (Å²) in [5, 5.41) is 1.19. The average Bonchev–Trinajstić information content (AvgIpc) is 2.38. The van der Waals surface area contributed by atoms with Gasteiger partial charge in [-0.05, 0) is 24.3 Å². The molecule has 3 N–H and O–H groups in total. The number of carbonyl (C=O) groups is 1. The third-order valence-electron chi connectivity index (χ3n) is 2.11. The van der Waals surface area contributed by atoms with Crippen molar-refractivity contribution in [2.24, 2.45) is 5.73 Å². The molecule has 0 fully saturated rings. The molecule has 2 aromatic rings. The molecule has 0 unspecified atom stereocenters. The highest BCUT2D eigenvalue weighted by molar-refractivity contribution is 5.91. The normalized spacial score (nSPS) is 9.65. The molecule has 17 heavy (non-hydrogen) atoms. The number of hydrogen-bond donors (Lipinski definition) is 2. The van der Waals surface area contributed by atoms with E-state index in [0.29, 0.717) is 5.82 Å². The molecule has 2 amide bonds. The predicted octanol–water partition coefficient (Wildman–Crippen LogP) is 1.99. The van der Waals surface area contributed by atoms with E-state index < -0.39 is 6.03 Å². The molecule has 5 heteroatoms. The standard InChI is InChI=1S/C12H12N4O/c13-12(17)16(11-8-4-5-9-14-11)15-10-6-2-1-3-7-10/h1-9,15H,(H2,13,17). The van der Waals surface area contributed by atoms with E-state index in [4.69, 9.17) is 5.73 Å². The Morgan fingerprint density at radius 2 is 1.82 bits per heavy atom. The van der Waals surface area contributed by atoms with E-state index in [1.165, 1.54) is 5.01 Å². The molecule has 86 valence electrons. The molecule has 0 atom stereocenters. The molecule has 0 aliphatic rings. The summed E-state index contributed by atoms with van der Waals surface area (Å²) in [6, 6.07) is 13.9. The second kappa shape index (κ2) is 4.98. The maximum absolute atomic E-state index is 11.3. The van der Waals surface area contributed by atoms with Crippen LogP contribution in [0.5, 0.6) is 0 Å². The van der Waals surface area contributed by atoms with Gasteiger partial charge in [-0.1, -0.05) is 24.3 Å². The van der Waals surface area contributed by atoms with Gasteiger partial charge in [0.15, 0.2) is 5.82 Å². The summed E-state index contributed by atoms with van der Waals surface area (Å²) in [7, 11) is 0. The van der Waals surface area contributed by atoms with Crippen LogP contribution in [0, 0.1) is 0 Å². The highest BCUT2D eigenvalue weighted by Gasteiger charge is 2.12. The topological polar surface area (TPSA) is 71.2 Å². The number of hydrogen-bond acceptors (Lipinski definition) is 3. The summed E-state index contributed by atoms with van der Waals surface area (Å²) in [6.45, 7) is 0. The number of pyridine rings is 1. The second-order valence-electron chi connectivity index (χ2n) is 3.34. The Labute approximate surface area is 98.9 Å². The number of urea groups is 1.